The van der Waals surface area contributed by atoms with Gasteiger partial charge in [-0.25, -0.2) is 0 Å². The molecule has 2 heterocycles. The van der Waals surface area contributed by atoms with E-state index in [4.69, 9.17) is 5.73 Å². The van der Waals surface area contributed by atoms with Crippen LogP contribution in [0.4, 0.5) is 0 Å². The lowest BCUT2D eigenvalue weighted by molar-refractivity contribution is -0.137. The highest BCUT2D eigenvalue weighted by molar-refractivity contribution is 7.07. The first kappa shape index (κ1) is 12.2. The lowest BCUT2D eigenvalue weighted by Gasteiger charge is -2.32. The van der Waals surface area contributed by atoms with E-state index in [-0.39, 0.29) is 11.9 Å². The molecule has 1 aromatic rings. The number of nitrogens with zero attached hydrogens (tertiary/aromatic N) is 1. The summed E-state index contributed by atoms with van der Waals surface area (Å²) < 4.78 is 0. The fourth-order valence-electron chi connectivity index (χ4n) is 3.33. The van der Waals surface area contributed by atoms with Crippen LogP contribution in [0, 0.1) is 0 Å². The van der Waals surface area contributed by atoms with Crippen molar-refractivity contribution in [3.05, 3.63) is 22.4 Å². The number of carbonyl (C=O) groups is 1. The standard InChI is InChI=1S/C14H20N2OS/c15-14(6-1-2-7-14)13(17)16-8-3-4-12(16)11-5-9-18-10-11/h5,9-10,12H,1-4,6-8,15H2. The van der Waals surface area contributed by atoms with E-state index in [1.807, 2.05) is 4.90 Å². The Balaban J connectivity index is 1.80. The van der Waals surface area contributed by atoms with Crippen molar-refractivity contribution >= 4 is 17.2 Å². The Hall–Kier alpha value is -0.870. The van der Waals surface area contributed by atoms with Crippen molar-refractivity contribution in [2.75, 3.05) is 6.54 Å². The number of hydrogen-bond acceptors (Lipinski definition) is 3. The topological polar surface area (TPSA) is 46.3 Å². The van der Waals surface area contributed by atoms with E-state index in [0.29, 0.717) is 0 Å². The van der Waals surface area contributed by atoms with Crippen molar-refractivity contribution in [1.82, 2.24) is 4.90 Å². The summed E-state index contributed by atoms with van der Waals surface area (Å²) in [5.74, 6) is 0.189. The summed E-state index contributed by atoms with van der Waals surface area (Å²) in [6.45, 7) is 0.873. The number of nitrogens with two attached hydrogens (primary N) is 1. The van der Waals surface area contributed by atoms with Crippen molar-refractivity contribution in [3.8, 4) is 0 Å². The van der Waals surface area contributed by atoms with Gasteiger partial charge in [0.05, 0.1) is 11.6 Å². The van der Waals surface area contributed by atoms with Gasteiger partial charge < -0.3 is 10.6 Å². The van der Waals surface area contributed by atoms with E-state index in [1.54, 1.807) is 11.3 Å². The fraction of sp³-hybridized carbons (Fsp3) is 0.643. The molecule has 1 saturated heterocycles. The minimum Gasteiger partial charge on any atom is -0.334 e. The van der Waals surface area contributed by atoms with Gasteiger partial charge >= 0.3 is 0 Å². The molecular formula is C14H20N2OS. The van der Waals surface area contributed by atoms with Crippen LogP contribution in [0.3, 0.4) is 0 Å². The van der Waals surface area contributed by atoms with E-state index < -0.39 is 5.54 Å². The predicted octanol–water partition coefficient (Wildman–Crippen LogP) is 2.68. The van der Waals surface area contributed by atoms with Gasteiger partial charge in [0.2, 0.25) is 5.91 Å². The van der Waals surface area contributed by atoms with Crippen molar-refractivity contribution < 1.29 is 4.79 Å². The van der Waals surface area contributed by atoms with Crippen LogP contribution in [0.1, 0.15) is 50.1 Å². The molecule has 4 heteroatoms. The molecule has 18 heavy (non-hydrogen) atoms. The number of carbonyl (C=O) groups excluding carboxylic acids is 1. The minimum absolute atomic E-state index is 0.189. The van der Waals surface area contributed by atoms with Gasteiger partial charge in [0.25, 0.3) is 0 Å². The van der Waals surface area contributed by atoms with Crippen molar-refractivity contribution in [3.63, 3.8) is 0 Å². The highest BCUT2D eigenvalue weighted by atomic mass is 32.1. The molecule has 2 fully saturated rings. The fourth-order valence-corrected chi connectivity index (χ4v) is 4.03. The molecule has 0 aromatic carbocycles. The summed E-state index contributed by atoms with van der Waals surface area (Å²) in [5.41, 5.74) is 7.02. The second kappa shape index (κ2) is 4.67. The van der Waals surface area contributed by atoms with Crippen LogP contribution in [-0.4, -0.2) is 22.9 Å². The highest BCUT2D eigenvalue weighted by Gasteiger charge is 2.43. The van der Waals surface area contributed by atoms with E-state index in [0.717, 1.165) is 45.1 Å². The van der Waals surface area contributed by atoms with E-state index in [2.05, 4.69) is 16.8 Å². The van der Waals surface area contributed by atoms with Gasteiger partial charge in [-0.2, -0.15) is 11.3 Å². The van der Waals surface area contributed by atoms with Crippen LogP contribution in [0.5, 0.6) is 0 Å². The van der Waals surface area contributed by atoms with Crippen LogP contribution < -0.4 is 5.73 Å². The number of hydrogen-bond donors (Lipinski definition) is 1. The SMILES string of the molecule is NC1(C(=O)N2CCCC2c2ccsc2)CCCC1. The molecule has 0 spiro atoms. The summed E-state index contributed by atoms with van der Waals surface area (Å²) in [4.78, 5) is 14.7. The summed E-state index contributed by atoms with van der Waals surface area (Å²) in [6.07, 6.45) is 6.09. The van der Waals surface area contributed by atoms with Crippen molar-refractivity contribution in [2.24, 2.45) is 5.73 Å². The lowest BCUT2D eigenvalue weighted by atomic mass is 9.96. The molecule has 1 atom stereocenters. The van der Waals surface area contributed by atoms with Crippen LogP contribution in [0.25, 0.3) is 0 Å². The molecule has 1 aromatic heterocycles. The molecule has 2 N–H and O–H groups in total. The average Bonchev–Trinajstić information content (AvgIpc) is 3.09. The first-order chi connectivity index (χ1) is 8.71. The maximum atomic E-state index is 12.7. The highest BCUT2D eigenvalue weighted by Crippen LogP contribution is 2.37. The second-order valence-electron chi connectivity index (χ2n) is 5.58. The third-order valence-corrected chi connectivity index (χ3v) is 5.06. The van der Waals surface area contributed by atoms with Crippen LogP contribution >= 0.6 is 11.3 Å². The molecule has 1 saturated carbocycles. The monoisotopic (exact) mass is 264 g/mol. The molecule has 98 valence electrons. The molecule has 2 aliphatic rings. The molecular weight excluding hydrogens is 244 g/mol. The maximum absolute atomic E-state index is 12.7. The molecule has 1 amide bonds. The minimum atomic E-state index is -0.571. The predicted molar refractivity (Wildman–Crippen MR) is 73.4 cm³/mol. The molecule has 0 radical (unpaired) electrons. The van der Waals surface area contributed by atoms with Gasteiger partial charge in [0.15, 0.2) is 0 Å². The second-order valence-corrected chi connectivity index (χ2v) is 6.36. The Kier molecular flexibility index (Phi) is 3.16. The van der Waals surface area contributed by atoms with Gasteiger partial charge in [-0.05, 0) is 48.1 Å². The normalized spacial score (nSPS) is 26.7. The van der Waals surface area contributed by atoms with Crippen LogP contribution in [0.2, 0.25) is 0 Å². The number of rotatable bonds is 2. The Morgan fingerprint density at radius 3 is 2.83 bits per heavy atom. The van der Waals surface area contributed by atoms with Crippen LogP contribution in [0.15, 0.2) is 16.8 Å². The Labute approximate surface area is 112 Å². The third-order valence-electron chi connectivity index (χ3n) is 4.36. The van der Waals surface area contributed by atoms with Gasteiger partial charge in [0.1, 0.15) is 0 Å². The summed E-state index contributed by atoms with van der Waals surface area (Å²) in [5, 5.41) is 4.25. The number of likely N-dealkylation sites (tertiary alicyclic amines) is 1. The smallest absolute Gasteiger partial charge is 0.243 e. The van der Waals surface area contributed by atoms with Gasteiger partial charge in [-0.3, -0.25) is 4.79 Å². The number of thiophene rings is 1. The third kappa shape index (κ3) is 1.97. The first-order valence-corrected chi connectivity index (χ1v) is 7.77. The zero-order valence-electron chi connectivity index (χ0n) is 10.6. The Morgan fingerprint density at radius 1 is 1.39 bits per heavy atom. The average molecular weight is 264 g/mol. The molecule has 1 aliphatic carbocycles. The molecule has 1 unspecified atom stereocenters. The molecule has 3 nitrogen and oxygen atoms in total. The molecule has 1 aliphatic heterocycles. The largest absolute Gasteiger partial charge is 0.334 e. The van der Waals surface area contributed by atoms with Gasteiger partial charge in [0, 0.05) is 6.54 Å². The van der Waals surface area contributed by atoms with Crippen LogP contribution in [-0.2, 0) is 4.79 Å². The quantitative estimate of drug-likeness (QED) is 0.892. The first-order valence-electron chi connectivity index (χ1n) is 6.83. The zero-order chi connectivity index (χ0) is 12.6. The summed E-state index contributed by atoms with van der Waals surface area (Å²) in [7, 11) is 0. The van der Waals surface area contributed by atoms with E-state index in [1.165, 1.54) is 5.56 Å². The maximum Gasteiger partial charge on any atom is 0.243 e. The Morgan fingerprint density at radius 2 is 2.17 bits per heavy atom. The van der Waals surface area contributed by atoms with Gasteiger partial charge in [-0.1, -0.05) is 12.8 Å². The molecule has 0 bridgehead atoms. The van der Waals surface area contributed by atoms with Gasteiger partial charge in [-0.15, -0.1) is 0 Å². The summed E-state index contributed by atoms with van der Waals surface area (Å²) in [6, 6.07) is 2.41. The molecule has 3 rings (SSSR count). The van der Waals surface area contributed by atoms with E-state index >= 15 is 0 Å². The van der Waals surface area contributed by atoms with Crippen molar-refractivity contribution in [2.45, 2.75) is 50.1 Å². The van der Waals surface area contributed by atoms with E-state index in [9.17, 15) is 4.79 Å². The zero-order valence-corrected chi connectivity index (χ0v) is 11.4. The number of amides is 1. The lowest BCUT2D eigenvalue weighted by Crippen LogP contribution is -2.53. The van der Waals surface area contributed by atoms with Crippen molar-refractivity contribution in [1.29, 1.82) is 0 Å². The summed E-state index contributed by atoms with van der Waals surface area (Å²) >= 11 is 1.70. The Bertz CT molecular complexity index is 423.